The van der Waals surface area contributed by atoms with Gasteiger partial charge in [-0.3, -0.25) is 4.79 Å². The standard InChI is InChI=1S/C14H19NO4/c16-13(8-10-4-2-1-3-5-10)15-9-11-6-7-12(19-11)14(17)18/h6-7,10H,1-5,8-9H2,(H,15,16)(H,17,18). The van der Waals surface area contributed by atoms with Gasteiger partial charge in [0.25, 0.3) is 0 Å². The molecular formula is C14H19NO4. The summed E-state index contributed by atoms with van der Waals surface area (Å²) in [7, 11) is 0. The molecular weight excluding hydrogens is 246 g/mol. The number of amides is 1. The molecule has 1 aromatic heterocycles. The van der Waals surface area contributed by atoms with E-state index in [4.69, 9.17) is 9.52 Å². The molecule has 0 spiro atoms. The van der Waals surface area contributed by atoms with E-state index in [1.54, 1.807) is 6.07 Å². The summed E-state index contributed by atoms with van der Waals surface area (Å²) in [6.07, 6.45) is 6.56. The number of hydrogen-bond acceptors (Lipinski definition) is 3. The Labute approximate surface area is 112 Å². The Morgan fingerprint density at radius 3 is 2.63 bits per heavy atom. The lowest BCUT2D eigenvalue weighted by Gasteiger charge is -2.20. The topological polar surface area (TPSA) is 79.5 Å². The van der Waals surface area contributed by atoms with Gasteiger partial charge in [0.15, 0.2) is 0 Å². The Hall–Kier alpha value is -1.78. The van der Waals surface area contributed by atoms with Gasteiger partial charge < -0.3 is 14.8 Å². The van der Waals surface area contributed by atoms with Crippen LogP contribution in [0.25, 0.3) is 0 Å². The maximum Gasteiger partial charge on any atom is 0.371 e. The third-order valence-electron chi connectivity index (χ3n) is 3.53. The maximum absolute atomic E-state index is 11.8. The molecule has 1 aliphatic carbocycles. The van der Waals surface area contributed by atoms with Crippen molar-refractivity contribution in [1.29, 1.82) is 0 Å². The van der Waals surface area contributed by atoms with Crippen molar-refractivity contribution in [3.05, 3.63) is 23.7 Å². The Bertz CT molecular complexity index is 446. The summed E-state index contributed by atoms with van der Waals surface area (Å²) < 4.78 is 5.07. The lowest BCUT2D eigenvalue weighted by molar-refractivity contribution is -0.122. The molecule has 1 heterocycles. The molecule has 1 aliphatic rings. The van der Waals surface area contributed by atoms with E-state index < -0.39 is 5.97 Å². The van der Waals surface area contributed by atoms with Crippen molar-refractivity contribution in [2.24, 2.45) is 5.92 Å². The summed E-state index contributed by atoms with van der Waals surface area (Å²) in [6, 6.07) is 2.97. The van der Waals surface area contributed by atoms with Gasteiger partial charge in [0.1, 0.15) is 5.76 Å². The van der Waals surface area contributed by atoms with Gasteiger partial charge in [0, 0.05) is 6.42 Å². The van der Waals surface area contributed by atoms with Crippen LogP contribution in [0, 0.1) is 5.92 Å². The van der Waals surface area contributed by atoms with E-state index in [-0.39, 0.29) is 18.2 Å². The number of furan rings is 1. The van der Waals surface area contributed by atoms with Crippen molar-refractivity contribution in [3.8, 4) is 0 Å². The number of carboxylic acid groups (broad SMARTS) is 1. The largest absolute Gasteiger partial charge is 0.475 e. The predicted molar refractivity (Wildman–Crippen MR) is 68.7 cm³/mol. The molecule has 2 rings (SSSR count). The fourth-order valence-electron chi connectivity index (χ4n) is 2.50. The highest BCUT2D eigenvalue weighted by molar-refractivity contribution is 5.84. The van der Waals surface area contributed by atoms with Crippen LogP contribution in [-0.4, -0.2) is 17.0 Å². The van der Waals surface area contributed by atoms with Gasteiger partial charge in [-0.25, -0.2) is 4.79 Å². The lowest BCUT2D eigenvalue weighted by Crippen LogP contribution is -2.25. The third-order valence-corrected chi connectivity index (χ3v) is 3.53. The number of rotatable bonds is 5. The van der Waals surface area contributed by atoms with Gasteiger partial charge in [-0.2, -0.15) is 0 Å². The smallest absolute Gasteiger partial charge is 0.371 e. The molecule has 1 fully saturated rings. The van der Waals surface area contributed by atoms with Crippen molar-refractivity contribution in [1.82, 2.24) is 5.32 Å². The van der Waals surface area contributed by atoms with Crippen LogP contribution in [0.1, 0.15) is 54.8 Å². The van der Waals surface area contributed by atoms with Crippen LogP contribution in [0.3, 0.4) is 0 Å². The Kier molecular flexibility index (Phi) is 4.60. The fraction of sp³-hybridized carbons (Fsp3) is 0.571. The lowest BCUT2D eigenvalue weighted by atomic mass is 9.87. The summed E-state index contributed by atoms with van der Waals surface area (Å²) in [4.78, 5) is 22.4. The zero-order valence-electron chi connectivity index (χ0n) is 10.9. The first kappa shape index (κ1) is 13.6. The molecule has 2 N–H and O–H groups in total. The minimum absolute atomic E-state index is 0.0141. The molecule has 0 bridgehead atoms. The van der Waals surface area contributed by atoms with Crippen molar-refractivity contribution < 1.29 is 19.1 Å². The Morgan fingerprint density at radius 2 is 2.00 bits per heavy atom. The fourth-order valence-corrected chi connectivity index (χ4v) is 2.50. The van der Waals surface area contributed by atoms with Crippen LogP contribution < -0.4 is 5.32 Å². The minimum Gasteiger partial charge on any atom is -0.475 e. The zero-order chi connectivity index (χ0) is 13.7. The maximum atomic E-state index is 11.8. The molecule has 1 saturated carbocycles. The van der Waals surface area contributed by atoms with Crippen LogP contribution in [0.4, 0.5) is 0 Å². The second-order valence-corrected chi connectivity index (χ2v) is 5.06. The van der Waals surface area contributed by atoms with Crippen LogP contribution in [0.2, 0.25) is 0 Å². The molecule has 0 aliphatic heterocycles. The molecule has 0 aromatic carbocycles. The summed E-state index contributed by atoms with van der Waals surface area (Å²) in [5.41, 5.74) is 0. The first-order chi connectivity index (χ1) is 9.15. The highest BCUT2D eigenvalue weighted by Crippen LogP contribution is 2.26. The summed E-state index contributed by atoms with van der Waals surface area (Å²) >= 11 is 0. The normalized spacial score (nSPS) is 16.2. The molecule has 0 unspecified atom stereocenters. The van der Waals surface area contributed by atoms with Gasteiger partial charge in [0.05, 0.1) is 6.54 Å². The summed E-state index contributed by atoms with van der Waals surface area (Å²) in [6.45, 7) is 0.249. The molecule has 19 heavy (non-hydrogen) atoms. The predicted octanol–water partition coefficient (Wildman–Crippen LogP) is 2.56. The van der Waals surface area contributed by atoms with Crippen molar-refractivity contribution in [2.75, 3.05) is 0 Å². The van der Waals surface area contributed by atoms with E-state index in [2.05, 4.69) is 5.32 Å². The van der Waals surface area contributed by atoms with Crippen molar-refractivity contribution >= 4 is 11.9 Å². The highest BCUT2D eigenvalue weighted by atomic mass is 16.4. The third kappa shape index (κ3) is 4.12. The molecule has 0 radical (unpaired) electrons. The van der Waals surface area contributed by atoms with Crippen LogP contribution in [0.15, 0.2) is 16.5 Å². The Balaban J connectivity index is 1.74. The van der Waals surface area contributed by atoms with E-state index >= 15 is 0 Å². The first-order valence-electron chi connectivity index (χ1n) is 6.74. The zero-order valence-corrected chi connectivity index (χ0v) is 10.9. The number of carbonyl (C=O) groups is 2. The number of carboxylic acids is 1. The molecule has 5 nitrogen and oxygen atoms in total. The number of hydrogen-bond donors (Lipinski definition) is 2. The van der Waals surface area contributed by atoms with E-state index in [1.165, 1.54) is 25.3 Å². The van der Waals surface area contributed by atoms with Crippen molar-refractivity contribution in [2.45, 2.75) is 45.1 Å². The van der Waals surface area contributed by atoms with Gasteiger partial charge in [-0.15, -0.1) is 0 Å². The SMILES string of the molecule is O=C(CC1CCCCC1)NCc1ccc(C(=O)O)o1. The van der Waals surface area contributed by atoms with Gasteiger partial charge in [0.2, 0.25) is 11.7 Å². The molecule has 0 atom stereocenters. The quantitative estimate of drug-likeness (QED) is 0.857. The number of aromatic carboxylic acids is 1. The average Bonchev–Trinajstić information content (AvgIpc) is 2.86. The second kappa shape index (κ2) is 6.41. The molecule has 104 valence electrons. The average molecular weight is 265 g/mol. The Morgan fingerprint density at radius 1 is 1.26 bits per heavy atom. The monoisotopic (exact) mass is 265 g/mol. The van der Waals surface area contributed by atoms with Crippen LogP contribution in [0.5, 0.6) is 0 Å². The van der Waals surface area contributed by atoms with Gasteiger partial charge in [-0.1, -0.05) is 19.3 Å². The van der Waals surface area contributed by atoms with E-state index in [0.717, 1.165) is 12.8 Å². The molecule has 5 heteroatoms. The summed E-state index contributed by atoms with van der Waals surface area (Å²) in [5, 5.41) is 11.5. The van der Waals surface area contributed by atoms with Gasteiger partial charge in [-0.05, 0) is 30.9 Å². The first-order valence-corrected chi connectivity index (χ1v) is 6.74. The number of carbonyl (C=O) groups excluding carboxylic acids is 1. The van der Waals surface area contributed by atoms with E-state index in [9.17, 15) is 9.59 Å². The van der Waals surface area contributed by atoms with Crippen LogP contribution in [-0.2, 0) is 11.3 Å². The molecule has 1 aromatic rings. The summed E-state index contributed by atoms with van der Waals surface area (Å²) in [5.74, 6) is -0.217. The van der Waals surface area contributed by atoms with E-state index in [1.807, 2.05) is 0 Å². The second-order valence-electron chi connectivity index (χ2n) is 5.06. The highest BCUT2D eigenvalue weighted by Gasteiger charge is 2.17. The number of nitrogens with one attached hydrogen (secondary N) is 1. The minimum atomic E-state index is -1.10. The van der Waals surface area contributed by atoms with E-state index in [0.29, 0.717) is 18.1 Å². The van der Waals surface area contributed by atoms with Crippen LogP contribution >= 0.6 is 0 Å². The molecule has 1 amide bonds. The van der Waals surface area contributed by atoms with Gasteiger partial charge >= 0.3 is 5.97 Å². The molecule has 0 saturated heterocycles. The van der Waals surface area contributed by atoms with Crippen molar-refractivity contribution in [3.63, 3.8) is 0 Å².